The van der Waals surface area contributed by atoms with Gasteiger partial charge in [-0.2, -0.15) is 5.10 Å². The number of nitrogens with zero attached hydrogens (tertiary/aromatic N) is 3. The van der Waals surface area contributed by atoms with Gasteiger partial charge in [-0.3, -0.25) is 4.68 Å². The van der Waals surface area contributed by atoms with Gasteiger partial charge in [0.15, 0.2) is 0 Å². The topological polar surface area (TPSA) is 106 Å². The number of carboxylic acid groups (broad SMARTS) is 1. The van der Waals surface area contributed by atoms with E-state index in [1.165, 1.54) is 0 Å². The molecular formula is C20H21N5O2. The van der Waals surface area contributed by atoms with Crippen molar-refractivity contribution in [1.82, 2.24) is 14.8 Å². The molecule has 1 aromatic carbocycles. The summed E-state index contributed by atoms with van der Waals surface area (Å²) in [5.74, 6) is -0.234. The molecule has 7 nitrogen and oxygen atoms in total. The second-order valence-corrected chi connectivity index (χ2v) is 6.56. The monoisotopic (exact) mass is 363 g/mol. The molecule has 0 spiro atoms. The number of carbonyl (C=O) groups is 1. The van der Waals surface area contributed by atoms with Crippen molar-refractivity contribution < 1.29 is 9.90 Å². The van der Waals surface area contributed by atoms with Crippen molar-refractivity contribution >= 4 is 17.5 Å². The van der Waals surface area contributed by atoms with Gasteiger partial charge in [-0.15, -0.1) is 0 Å². The zero-order valence-corrected chi connectivity index (χ0v) is 14.9. The molecular weight excluding hydrogens is 342 g/mol. The Morgan fingerprint density at radius 1 is 1.26 bits per heavy atom. The van der Waals surface area contributed by atoms with Gasteiger partial charge >= 0.3 is 5.97 Å². The number of carboxylic acids is 1. The number of benzene rings is 1. The van der Waals surface area contributed by atoms with E-state index in [-0.39, 0.29) is 5.69 Å². The lowest BCUT2D eigenvalue weighted by Crippen LogP contribution is -2.14. The quantitative estimate of drug-likeness (QED) is 0.622. The molecule has 7 heteroatoms. The lowest BCUT2D eigenvalue weighted by atomic mass is 9.90. The molecule has 1 aliphatic rings. The molecule has 4 rings (SSSR count). The minimum absolute atomic E-state index is 0.276. The number of aromatic nitrogens is 3. The first-order chi connectivity index (χ1) is 13.2. The van der Waals surface area contributed by atoms with E-state index in [4.69, 9.17) is 5.73 Å². The van der Waals surface area contributed by atoms with Crippen molar-refractivity contribution in [2.75, 3.05) is 11.9 Å². The molecule has 0 radical (unpaired) electrons. The number of pyridine rings is 1. The summed E-state index contributed by atoms with van der Waals surface area (Å²) in [4.78, 5) is 16.3. The van der Waals surface area contributed by atoms with Crippen LogP contribution in [-0.2, 0) is 19.4 Å². The zero-order valence-electron chi connectivity index (χ0n) is 14.9. The summed E-state index contributed by atoms with van der Waals surface area (Å²) >= 11 is 0. The molecule has 0 saturated carbocycles. The fourth-order valence-electron chi connectivity index (χ4n) is 3.50. The molecule has 4 N–H and O–H groups in total. The summed E-state index contributed by atoms with van der Waals surface area (Å²) in [5, 5.41) is 17.6. The van der Waals surface area contributed by atoms with Crippen LogP contribution in [0, 0.1) is 0 Å². The first kappa shape index (κ1) is 17.2. The van der Waals surface area contributed by atoms with Crippen molar-refractivity contribution in [2.24, 2.45) is 5.73 Å². The van der Waals surface area contributed by atoms with Gasteiger partial charge in [0, 0.05) is 29.6 Å². The molecule has 0 bridgehead atoms. The van der Waals surface area contributed by atoms with E-state index in [9.17, 15) is 9.90 Å². The average molecular weight is 363 g/mol. The Hall–Kier alpha value is -3.19. The minimum atomic E-state index is -0.944. The second kappa shape index (κ2) is 7.20. The number of hydrogen-bond acceptors (Lipinski definition) is 5. The van der Waals surface area contributed by atoms with E-state index >= 15 is 0 Å². The van der Waals surface area contributed by atoms with Gasteiger partial charge < -0.3 is 16.2 Å². The van der Waals surface area contributed by atoms with Crippen LogP contribution in [0.25, 0.3) is 11.3 Å². The van der Waals surface area contributed by atoms with Crippen LogP contribution in [-0.4, -0.2) is 32.4 Å². The summed E-state index contributed by atoms with van der Waals surface area (Å²) in [7, 11) is 0. The van der Waals surface area contributed by atoms with Gasteiger partial charge in [0.25, 0.3) is 0 Å². The lowest BCUT2D eigenvalue weighted by Gasteiger charge is -2.16. The molecule has 0 aliphatic heterocycles. The summed E-state index contributed by atoms with van der Waals surface area (Å²) in [6, 6.07) is 11.8. The molecule has 138 valence electrons. The highest BCUT2D eigenvalue weighted by atomic mass is 16.4. The van der Waals surface area contributed by atoms with Gasteiger partial charge in [-0.1, -0.05) is 18.2 Å². The maximum Gasteiger partial charge on any atom is 0.354 e. The lowest BCUT2D eigenvalue weighted by molar-refractivity contribution is 0.0681. The number of hydrogen-bond donors (Lipinski definition) is 3. The number of aromatic carboxylic acids is 1. The molecule has 0 atom stereocenters. The smallest absolute Gasteiger partial charge is 0.354 e. The van der Waals surface area contributed by atoms with Crippen molar-refractivity contribution in [2.45, 2.75) is 25.8 Å². The van der Waals surface area contributed by atoms with Crippen LogP contribution in [0.3, 0.4) is 0 Å². The van der Waals surface area contributed by atoms with Crippen molar-refractivity contribution in [1.29, 1.82) is 0 Å². The maximum atomic E-state index is 11.8. The number of rotatable bonds is 6. The predicted molar refractivity (Wildman–Crippen MR) is 103 cm³/mol. The Bertz CT molecular complexity index is 982. The molecule has 1 aliphatic carbocycles. The van der Waals surface area contributed by atoms with E-state index in [0.717, 1.165) is 34.5 Å². The molecule has 0 amide bonds. The molecule has 0 saturated heterocycles. The van der Waals surface area contributed by atoms with E-state index in [0.29, 0.717) is 31.7 Å². The third-order valence-corrected chi connectivity index (χ3v) is 4.76. The number of nitrogens with two attached hydrogens (primary N) is 1. The highest BCUT2D eigenvalue weighted by Crippen LogP contribution is 2.36. The molecule has 0 unspecified atom stereocenters. The van der Waals surface area contributed by atoms with Crippen LogP contribution in [0.4, 0.5) is 11.5 Å². The Morgan fingerprint density at radius 3 is 2.81 bits per heavy atom. The van der Waals surface area contributed by atoms with E-state index in [2.05, 4.69) is 15.4 Å². The maximum absolute atomic E-state index is 11.8. The molecule has 27 heavy (non-hydrogen) atoms. The highest BCUT2D eigenvalue weighted by molar-refractivity contribution is 5.91. The van der Waals surface area contributed by atoms with Crippen LogP contribution >= 0.6 is 0 Å². The van der Waals surface area contributed by atoms with Gasteiger partial charge in [-0.25, -0.2) is 9.78 Å². The first-order valence-electron chi connectivity index (χ1n) is 9.02. The fourth-order valence-corrected chi connectivity index (χ4v) is 3.50. The largest absolute Gasteiger partial charge is 0.477 e. The minimum Gasteiger partial charge on any atom is -0.477 e. The predicted octanol–water partition coefficient (Wildman–Crippen LogP) is 2.83. The van der Waals surface area contributed by atoms with Crippen LogP contribution < -0.4 is 11.1 Å². The third kappa shape index (κ3) is 3.29. The summed E-state index contributed by atoms with van der Waals surface area (Å²) in [6.45, 7) is 0.996. The average Bonchev–Trinajstić information content (AvgIpc) is 3.06. The van der Waals surface area contributed by atoms with Crippen LogP contribution in [0.1, 0.15) is 28.0 Å². The zero-order chi connectivity index (χ0) is 18.8. The van der Waals surface area contributed by atoms with Gasteiger partial charge in [0.2, 0.25) is 0 Å². The number of aryl methyl sites for hydroxylation is 2. The normalized spacial score (nSPS) is 12.3. The third-order valence-electron chi connectivity index (χ3n) is 4.76. The van der Waals surface area contributed by atoms with Crippen LogP contribution in [0.2, 0.25) is 0 Å². The molecule has 0 fully saturated rings. The number of nitrogens with one attached hydrogen (secondary N) is 1. The highest BCUT2D eigenvalue weighted by Gasteiger charge is 2.28. The van der Waals surface area contributed by atoms with Gasteiger partial charge in [0.1, 0.15) is 11.5 Å². The second-order valence-electron chi connectivity index (χ2n) is 6.56. The summed E-state index contributed by atoms with van der Waals surface area (Å²) in [5.41, 5.74) is 10.4. The van der Waals surface area contributed by atoms with Crippen molar-refractivity contribution in [3.05, 3.63) is 59.4 Å². The molecule has 2 aromatic heterocycles. The Balaban J connectivity index is 1.75. The Morgan fingerprint density at radius 2 is 2.07 bits per heavy atom. The Labute approximate surface area is 156 Å². The van der Waals surface area contributed by atoms with Crippen molar-refractivity contribution in [3.63, 3.8) is 0 Å². The SMILES string of the molecule is NCCCn1nc2c(c1C(=O)O)CCc1cnc(Nc3ccccc3)cc1-2. The van der Waals surface area contributed by atoms with Crippen LogP contribution in [0.5, 0.6) is 0 Å². The summed E-state index contributed by atoms with van der Waals surface area (Å²) < 4.78 is 1.58. The number of para-hydroxylation sites is 1. The Kier molecular flexibility index (Phi) is 4.60. The van der Waals surface area contributed by atoms with Crippen molar-refractivity contribution in [3.8, 4) is 11.3 Å². The molecule has 2 heterocycles. The van der Waals surface area contributed by atoms with E-state index in [1.54, 1.807) is 4.68 Å². The summed E-state index contributed by atoms with van der Waals surface area (Å²) in [6.07, 6.45) is 3.94. The van der Waals surface area contributed by atoms with Gasteiger partial charge in [-0.05, 0) is 49.6 Å². The van der Waals surface area contributed by atoms with E-state index in [1.807, 2.05) is 42.6 Å². The van der Waals surface area contributed by atoms with Gasteiger partial charge in [0.05, 0.1) is 5.69 Å². The van der Waals surface area contributed by atoms with E-state index < -0.39 is 5.97 Å². The number of fused-ring (bicyclic) bond motifs is 3. The molecule has 3 aromatic rings. The number of anilines is 2. The van der Waals surface area contributed by atoms with Crippen LogP contribution in [0.15, 0.2) is 42.6 Å². The standard InChI is InChI=1S/C20H21N5O2/c21-9-4-10-25-19(20(26)27)15-8-7-13-12-22-17(11-16(13)18(15)24-25)23-14-5-2-1-3-6-14/h1-3,5-6,11-12H,4,7-10,21H2,(H,22,23)(H,26,27). The first-order valence-corrected chi connectivity index (χ1v) is 9.02. The fraction of sp³-hybridized carbons (Fsp3) is 0.250.